The molecule has 1 aromatic carbocycles. The summed E-state index contributed by atoms with van der Waals surface area (Å²) >= 11 is 0. The van der Waals surface area contributed by atoms with Gasteiger partial charge >= 0.3 is 0 Å². The third-order valence-electron chi connectivity index (χ3n) is 2.52. The van der Waals surface area contributed by atoms with E-state index in [9.17, 15) is 9.36 Å². The standard InChI is InChI=1S/C11H17N2O3P/c1-3-17(16,10-7-5-4-6-8-10)13-9(2)11(14)12-15/h4-9,15H,3H2,1-2H3,(H,12,14)(H,13,16)/t9-,17-/m1/s1. The first-order valence-electron chi connectivity index (χ1n) is 5.40. The van der Waals surface area contributed by atoms with Gasteiger partial charge in [-0.05, 0) is 6.92 Å². The SMILES string of the molecule is CC[P@](=O)(N[C@H](C)C(=O)NO)c1ccccc1. The van der Waals surface area contributed by atoms with E-state index in [4.69, 9.17) is 5.21 Å². The molecule has 0 spiro atoms. The van der Waals surface area contributed by atoms with Crippen LogP contribution in [0.3, 0.4) is 0 Å². The van der Waals surface area contributed by atoms with Crippen LogP contribution in [0.1, 0.15) is 13.8 Å². The molecule has 0 heterocycles. The van der Waals surface area contributed by atoms with E-state index in [2.05, 4.69) is 5.09 Å². The summed E-state index contributed by atoms with van der Waals surface area (Å²) in [5.41, 5.74) is 1.54. The summed E-state index contributed by atoms with van der Waals surface area (Å²) in [5.74, 6) is -0.602. The zero-order valence-corrected chi connectivity index (χ0v) is 10.8. The number of hydroxylamine groups is 1. The first-order chi connectivity index (χ1) is 8.03. The van der Waals surface area contributed by atoms with Gasteiger partial charge in [0.05, 0.1) is 6.04 Å². The molecule has 2 atom stereocenters. The Balaban J connectivity index is 2.91. The van der Waals surface area contributed by atoms with Gasteiger partial charge in [-0.25, -0.2) is 5.48 Å². The molecule has 0 aliphatic rings. The number of hydrogen-bond donors (Lipinski definition) is 3. The second-order valence-corrected chi connectivity index (χ2v) is 6.60. The molecule has 0 aliphatic heterocycles. The number of nitrogens with one attached hydrogen (secondary N) is 2. The molecule has 1 rings (SSSR count). The Morgan fingerprint density at radius 2 is 2.00 bits per heavy atom. The molecular weight excluding hydrogens is 239 g/mol. The normalized spacial score (nSPS) is 15.9. The largest absolute Gasteiger partial charge is 0.302 e. The summed E-state index contributed by atoms with van der Waals surface area (Å²) in [7, 11) is -2.80. The van der Waals surface area contributed by atoms with Gasteiger partial charge in [-0.15, -0.1) is 0 Å². The van der Waals surface area contributed by atoms with Crippen LogP contribution in [0.15, 0.2) is 30.3 Å². The van der Waals surface area contributed by atoms with Gasteiger partial charge in [-0.3, -0.25) is 15.1 Å². The lowest BCUT2D eigenvalue weighted by atomic mass is 10.4. The van der Waals surface area contributed by atoms with Crippen molar-refractivity contribution in [2.75, 3.05) is 6.16 Å². The highest BCUT2D eigenvalue weighted by Gasteiger charge is 2.26. The first kappa shape index (κ1) is 13.9. The zero-order valence-electron chi connectivity index (χ0n) is 9.88. The van der Waals surface area contributed by atoms with Crippen LogP contribution in [0.4, 0.5) is 0 Å². The third kappa shape index (κ3) is 3.40. The Kier molecular flexibility index (Phi) is 4.87. The maximum absolute atomic E-state index is 12.6. The van der Waals surface area contributed by atoms with Gasteiger partial charge in [0.2, 0.25) is 0 Å². The number of carbonyl (C=O) groups excluding carboxylic acids is 1. The molecule has 0 aliphatic carbocycles. The number of benzene rings is 1. The van der Waals surface area contributed by atoms with Crippen molar-refractivity contribution in [3.8, 4) is 0 Å². The zero-order chi connectivity index (χ0) is 12.9. The van der Waals surface area contributed by atoms with Crippen molar-refractivity contribution < 1.29 is 14.6 Å². The Morgan fingerprint density at radius 1 is 1.41 bits per heavy atom. The van der Waals surface area contributed by atoms with Gasteiger partial charge in [0.15, 0.2) is 7.29 Å². The Bertz CT molecular complexity index is 422. The molecule has 5 nitrogen and oxygen atoms in total. The number of amides is 1. The average molecular weight is 256 g/mol. The molecule has 0 unspecified atom stereocenters. The van der Waals surface area contributed by atoms with E-state index >= 15 is 0 Å². The molecule has 6 heteroatoms. The van der Waals surface area contributed by atoms with Crippen molar-refractivity contribution in [1.29, 1.82) is 0 Å². The minimum atomic E-state index is -2.80. The summed E-state index contributed by atoms with van der Waals surface area (Å²) < 4.78 is 12.6. The van der Waals surface area contributed by atoms with E-state index in [0.717, 1.165) is 0 Å². The molecule has 0 fully saturated rings. The van der Waals surface area contributed by atoms with Crippen LogP contribution in [0.2, 0.25) is 0 Å². The van der Waals surface area contributed by atoms with Crippen LogP contribution in [0, 0.1) is 0 Å². The second-order valence-electron chi connectivity index (χ2n) is 3.72. The number of rotatable bonds is 5. The summed E-state index contributed by atoms with van der Waals surface area (Å²) in [4.78, 5) is 11.2. The van der Waals surface area contributed by atoms with Crippen molar-refractivity contribution in [2.24, 2.45) is 0 Å². The minimum Gasteiger partial charge on any atom is -0.302 e. The van der Waals surface area contributed by atoms with Crippen molar-refractivity contribution in [3.63, 3.8) is 0 Å². The number of carbonyl (C=O) groups is 1. The highest BCUT2D eigenvalue weighted by molar-refractivity contribution is 7.69. The van der Waals surface area contributed by atoms with Gasteiger partial charge in [0.1, 0.15) is 0 Å². The Labute approximate surface area is 101 Å². The van der Waals surface area contributed by atoms with E-state index in [-0.39, 0.29) is 0 Å². The number of hydrogen-bond acceptors (Lipinski definition) is 3. The average Bonchev–Trinajstić information content (AvgIpc) is 2.38. The summed E-state index contributed by atoms with van der Waals surface area (Å²) in [6.07, 6.45) is 0.403. The topological polar surface area (TPSA) is 78.4 Å². The quantitative estimate of drug-likeness (QED) is 0.418. The maximum atomic E-state index is 12.6. The predicted molar refractivity (Wildman–Crippen MR) is 66.8 cm³/mol. The molecule has 1 amide bonds. The molecule has 0 saturated carbocycles. The Morgan fingerprint density at radius 3 is 2.47 bits per heavy atom. The highest BCUT2D eigenvalue weighted by Crippen LogP contribution is 2.39. The van der Waals surface area contributed by atoms with Crippen molar-refractivity contribution >= 4 is 18.5 Å². The fourth-order valence-electron chi connectivity index (χ4n) is 1.49. The van der Waals surface area contributed by atoms with Crippen molar-refractivity contribution in [2.45, 2.75) is 19.9 Å². The van der Waals surface area contributed by atoms with Gasteiger partial charge in [-0.1, -0.05) is 37.3 Å². The second kappa shape index (κ2) is 5.96. The smallest absolute Gasteiger partial charge is 0.260 e. The van der Waals surface area contributed by atoms with Crippen LogP contribution in [-0.2, 0) is 9.36 Å². The van der Waals surface area contributed by atoms with E-state index in [1.807, 2.05) is 6.07 Å². The predicted octanol–water partition coefficient (Wildman–Crippen LogP) is 1.09. The molecule has 3 N–H and O–H groups in total. The fourth-order valence-corrected chi connectivity index (χ4v) is 3.58. The summed E-state index contributed by atoms with van der Waals surface area (Å²) in [5, 5.41) is 12.0. The van der Waals surface area contributed by atoms with Gasteiger partial charge in [0.25, 0.3) is 5.91 Å². The lowest BCUT2D eigenvalue weighted by Gasteiger charge is -2.21. The molecule has 0 radical (unpaired) electrons. The first-order valence-corrected chi connectivity index (χ1v) is 7.29. The van der Waals surface area contributed by atoms with E-state index in [1.54, 1.807) is 43.6 Å². The highest BCUT2D eigenvalue weighted by atomic mass is 31.2. The third-order valence-corrected chi connectivity index (χ3v) is 5.35. The van der Waals surface area contributed by atoms with Crippen LogP contribution in [0.5, 0.6) is 0 Å². The van der Waals surface area contributed by atoms with Crippen molar-refractivity contribution in [1.82, 2.24) is 10.6 Å². The lowest BCUT2D eigenvalue weighted by Crippen LogP contribution is -2.41. The monoisotopic (exact) mass is 256 g/mol. The van der Waals surface area contributed by atoms with E-state index < -0.39 is 19.2 Å². The van der Waals surface area contributed by atoms with Gasteiger partial charge in [-0.2, -0.15) is 0 Å². The minimum absolute atomic E-state index is 0.403. The van der Waals surface area contributed by atoms with Crippen LogP contribution < -0.4 is 15.9 Å². The maximum Gasteiger partial charge on any atom is 0.260 e. The molecule has 94 valence electrons. The van der Waals surface area contributed by atoms with Crippen LogP contribution in [-0.4, -0.2) is 23.3 Å². The van der Waals surface area contributed by atoms with Gasteiger partial charge in [0, 0.05) is 11.5 Å². The van der Waals surface area contributed by atoms with Crippen LogP contribution >= 0.6 is 7.29 Å². The molecule has 0 bridgehead atoms. The van der Waals surface area contributed by atoms with Crippen molar-refractivity contribution in [3.05, 3.63) is 30.3 Å². The fraction of sp³-hybridized carbons (Fsp3) is 0.364. The van der Waals surface area contributed by atoms with Gasteiger partial charge < -0.3 is 4.57 Å². The molecule has 17 heavy (non-hydrogen) atoms. The summed E-state index contributed by atoms with van der Waals surface area (Å²) in [6, 6.07) is 8.26. The van der Waals surface area contributed by atoms with E-state index in [1.165, 1.54) is 0 Å². The van der Waals surface area contributed by atoms with E-state index in [0.29, 0.717) is 11.5 Å². The lowest BCUT2D eigenvalue weighted by molar-refractivity contribution is -0.130. The summed E-state index contributed by atoms with van der Waals surface area (Å²) in [6.45, 7) is 3.35. The van der Waals surface area contributed by atoms with Crippen LogP contribution in [0.25, 0.3) is 0 Å². The Hall–Kier alpha value is -1.16. The molecule has 0 aromatic heterocycles. The molecule has 0 saturated heterocycles. The molecule has 1 aromatic rings. The molecular formula is C11H17N2O3P.